The number of carbonyl (C=O) groups excluding carboxylic acids is 2. The Labute approximate surface area is 139 Å². The summed E-state index contributed by atoms with van der Waals surface area (Å²) < 4.78 is 5.67. The molecule has 122 valence electrons. The Balaban J connectivity index is 2.03. The highest BCUT2D eigenvalue weighted by atomic mass is 32.1. The number of aryl methyl sites for hydroxylation is 1. The summed E-state index contributed by atoms with van der Waals surface area (Å²) in [4.78, 5) is 23.3. The third kappa shape index (κ3) is 4.32. The second-order valence-electron chi connectivity index (χ2n) is 5.56. The van der Waals surface area contributed by atoms with Crippen LogP contribution in [0.5, 0.6) is 5.75 Å². The van der Waals surface area contributed by atoms with Crippen molar-refractivity contribution in [1.29, 1.82) is 0 Å². The van der Waals surface area contributed by atoms with Crippen molar-refractivity contribution >= 4 is 28.2 Å². The van der Waals surface area contributed by atoms with Crippen molar-refractivity contribution in [2.75, 3.05) is 11.9 Å². The lowest BCUT2D eigenvalue weighted by Gasteiger charge is -2.14. The van der Waals surface area contributed by atoms with E-state index in [0.717, 1.165) is 11.1 Å². The van der Waals surface area contributed by atoms with Crippen molar-refractivity contribution in [2.45, 2.75) is 26.7 Å². The summed E-state index contributed by atoms with van der Waals surface area (Å²) in [5, 5.41) is 4.81. The van der Waals surface area contributed by atoms with Crippen molar-refractivity contribution in [3.8, 4) is 5.75 Å². The molecule has 1 heterocycles. The molecule has 2 aromatic rings. The first kappa shape index (κ1) is 17.0. The van der Waals surface area contributed by atoms with Crippen molar-refractivity contribution in [3.63, 3.8) is 0 Å². The molecule has 2 amide bonds. The average molecular weight is 332 g/mol. The molecule has 0 saturated carbocycles. The normalized spacial score (nSPS) is 10.6. The van der Waals surface area contributed by atoms with Crippen LogP contribution in [0.15, 0.2) is 29.6 Å². The van der Waals surface area contributed by atoms with Crippen LogP contribution in [0.25, 0.3) is 0 Å². The number of amides is 2. The Kier molecular flexibility index (Phi) is 5.39. The van der Waals surface area contributed by atoms with Crippen LogP contribution in [0.4, 0.5) is 5.00 Å². The van der Waals surface area contributed by atoms with Gasteiger partial charge in [0.05, 0.1) is 5.56 Å². The van der Waals surface area contributed by atoms with Crippen LogP contribution in [0, 0.1) is 6.92 Å². The third-order valence-corrected chi connectivity index (χ3v) is 4.16. The Morgan fingerprint density at radius 2 is 2.04 bits per heavy atom. The molecule has 1 aromatic carbocycles. The summed E-state index contributed by atoms with van der Waals surface area (Å²) in [6, 6.07) is 7.54. The number of carbonyl (C=O) groups is 2. The van der Waals surface area contributed by atoms with Crippen molar-refractivity contribution < 1.29 is 14.3 Å². The van der Waals surface area contributed by atoms with E-state index < -0.39 is 5.91 Å². The van der Waals surface area contributed by atoms with E-state index in [2.05, 4.69) is 19.2 Å². The van der Waals surface area contributed by atoms with Crippen molar-refractivity contribution in [1.82, 2.24) is 0 Å². The highest BCUT2D eigenvalue weighted by Crippen LogP contribution is 2.27. The average Bonchev–Trinajstić information content (AvgIpc) is 2.93. The van der Waals surface area contributed by atoms with Gasteiger partial charge < -0.3 is 15.8 Å². The van der Waals surface area contributed by atoms with E-state index in [4.69, 9.17) is 10.5 Å². The van der Waals surface area contributed by atoms with Gasteiger partial charge in [-0.3, -0.25) is 9.59 Å². The SMILES string of the molecule is Cc1ccc(C(C)C)c(OCC(=O)Nc2sccc2C(N)=O)c1. The Morgan fingerprint density at radius 1 is 1.30 bits per heavy atom. The first-order valence-electron chi connectivity index (χ1n) is 7.29. The number of hydrogen-bond donors (Lipinski definition) is 2. The minimum atomic E-state index is -0.566. The first-order chi connectivity index (χ1) is 10.9. The summed E-state index contributed by atoms with van der Waals surface area (Å²) in [7, 11) is 0. The predicted molar refractivity (Wildman–Crippen MR) is 92.2 cm³/mol. The van der Waals surface area contributed by atoms with Crippen molar-refractivity contribution in [2.24, 2.45) is 5.73 Å². The summed E-state index contributed by atoms with van der Waals surface area (Å²) in [6.07, 6.45) is 0. The molecule has 1 aromatic heterocycles. The largest absolute Gasteiger partial charge is 0.483 e. The smallest absolute Gasteiger partial charge is 0.262 e. The van der Waals surface area contributed by atoms with E-state index in [1.54, 1.807) is 11.4 Å². The van der Waals surface area contributed by atoms with Crippen LogP contribution >= 0.6 is 11.3 Å². The van der Waals surface area contributed by atoms with Gasteiger partial charge in [0.1, 0.15) is 10.8 Å². The molecule has 0 aliphatic rings. The van der Waals surface area contributed by atoms with Gasteiger partial charge >= 0.3 is 0 Å². The molecule has 0 aliphatic carbocycles. The zero-order chi connectivity index (χ0) is 17.0. The molecule has 0 spiro atoms. The molecule has 0 atom stereocenters. The number of hydrogen-bond acceptors (Lipinski definition) is 4. The molecule has 0 aliphatic heterocycles. The second kappa shape index (κ2) is 7.28. The molecular weight excluding hydrogens is 312 g/mol. The van der Waals surface area contributed by atoms with Gasteiger partial charge in [-0.2, -0.15) is 0 Å². The first-order valence-corrected chi connectivity index (χ1v) is 8.17. The molecule has 23 heavy (non-hydrogen) atoms. The zero-order valence-corrected chi connectivity index (χ0v) is 14.2. The second-order valence-corrected chi connectivity index (χ2v) is 6.48. The zero-order valence-electron chi connectivity index (χ0n) is 13.4. The van der Waals surface area contributed by atoms with Crippen LogP contribution in [0.1, 0.15) is 41.3 Å². The number of benzene rings is 1. The Hall–Kier alpha value is -2.34. The summed E-state index contributed by atoms with van der Waals surface area (Å²) in [6.45, 7) is 5.99. The number of rotatable bonds is 6. The van der Waals surface area contributed by atoms with Gasteiger partial charge in [0.25, 0.3) is 11.8 Å². The molecule has 2 rings (SSSR count). The molecule has 0 fully saturated rings. The van der Waals surface area contributed by atoms with Gasteiger partial charge in [0, 0.05) is 0 Å². The molecule has 0 unspecified atom stereocenters. The molecule has 5 nitrogen and oxygen atoms in total. The predicted octanol–water partition coefficient (Wildman–Crippen LogP) is 3.30. The lowest BCUT2D eigenvalue weighted by molar-refractivity contribution is -0.118. The molecule has 6 heteroatoms. The van der Waals surface area contributed by atoms with Crippen LogP contribution in [0.2, 0.25) is 0 Å². The minimum Gasteiger partial charge on any atom is -0.483 e. The highest BCUT2D eigenvalue weighted by Gasteiger charge is 2.14. The maximum absolute atomic E-state index is 12.0. The van der Waals surface area contributed by atoms with Gasteiger partial charge in [-0.15, -0.1) is 11.3 Å². The van der Waals surface area contributed by atoms with Crippen LogP contribution in [0.3, 0.4) is 0 Å². The minimum absolute atomic E-state index is 0.126. The molecule has 0 radical (unpaired) electrons. The number of thiophene rings is 1. The number of anilines is 1. The number of ether oxygens (including phenoxy) is 1. The fraction of sp³-hybridized carbons (Fsp3) is 0.294. The molecule has 0 bridgehead atoms. The highest BCUT2D eigenvalue weighted by molar-refractivity contribution is 7.14. The summed E-state index contributed by atoms with van der Waals surface area (Å²) >= 11 is 1.25. The lowest BCUT2D eigenvalue weighted by atomic mass is 10.0. The summed E-state index contributed by atoms with van der Waals surface area (Å²) in [5.41, 5.74) is 7.68. The van der Waals surface area contributed by atoms with Crippen LogP contribution in [-0.4, -0.2) is 18.4 Å². The third-order valence-electron chi connectivity index (χ3n) is 3.33. The van der Waals surface area contributed by atoms with E-state index in [1.165, 1.54) is 11.3 Å². The Morgan fingerprint density at radius 3 is 2.70 bits per heavy atom. The van der Waals surface area contributed by atoms with Crippen LogP contribution < -0.4 is 15.8 Å². The van der Waals surface area contributed by atoms with Gasteiger partial charge in [0.15, 0.2) is 6.61 Å². The quantitative estimate of drug-likeness (QED) is 0.851. The van der Waals surface area contributed by atoms with Crippen LogP contribution in [-0.2, 0) is 4.79 Å². The fourth-order valence-corrected chi connectivity index (χ4v) is 2.96. The maximum Gasteiger partial charge on any atom is 0.262 e. The van der Waals surface area contributed by atoms with Gasteiger partial charge in [-0.1, -0.05) is 26.0 Å². The molecule has 0 saturated heterocycles. The lowest BCUT2D eigenvalue weighted by Crippen LogP contribution is -2.22. The van der Waals surface area contributed by atoms with Gasteiger partial charge in [-0.25, -0.2) is 0 Å². The Bertz CT molecular complexity index is 722. The van der Waals surface area contributed by atoms with Crippen molar-refractivity contribution in [3.05, 3.63) is 46.3 Å². The van der Waals surface area contributed by atoms with Gasteiger partial charge in [0.2, 0.25) is 0 Å². The van der Waals surface area contributed by atoms with E-state index in [1.807, 2.05) is 25.1 Å². The number of nitrogens with two attached hydrogens (primary N) is 1. The van der Waals surface area contributed by atoms with Gasteiger partial charge in [-0.05, 0) is 41.5 Å². The fourth-order valence-electron chi connectivity index (χ4n) is 2.15. The van der Waals surface area contributed by atoms with E-state index >= 15 is 0 Å². The summed E-state index contributed by atoms with van der Waals surface area (Å²) in [5.74, 6) is 0.110. The monoisotopic (exact) mass is 332 g/mol. The molecular formula is C17H20N2O3S. The molecule has 3 N–H and O–H groups in total. The maximum atomic E-state index is 12.0. The number of nitrogens with one attached hydrogen (secondary N) is 1. The van der Waals surface area contributed by atoms with E-state index in [9.17, 15) is 9.59 Å². The number of primary amides is 1. The topological polar surface area (TPSA) is 81.4 Å². The van der Waals surface area contributed by atoms with E-state index in [-0.39, 0.29) is 12.5 Å². The van der Waals surface area contributed by atoms with E-state index in [0.29, 0.717) is 22.2 Å². The standard InChI is InChI=1S/C17H20N2O3S/c1-10(2)12-5-4-11(3)8-14(12)22-9-15(20)19-17-13(16(18)21)6-7-23-17/h4-8,10H,9H2,1-3H3,(H2,18,21)(H,19,20).